The zero-order valence-corrected chi connectivity index (χ0v) is 9.21. The Morgan fingerprint density at radius 1 is 1.31 bits per heavy atom. The molecule has 0 radical (unpaired) electrons. The van der Waals surface area contributed by atoms with E-state index in [0.717, 1.165) is 25.9 Å². The number of hydrogen-bond acceptors (Lipinski definition) is 2. The van der Waals surface area contributed by atoms with Crippen molar-refractivity contribution >= 4 is 0 Å². The summed E-state index contributed by atoms with van der Waals surface area (Å²) in [5.41, 5.74) is -0.0213. The molecule has 1 fully saturated rings. The number of aliphatic hydroxyl groups excluding tert-OH is 1. The first-order chi connectivity index (χ1) is 6.09. The van der Waals surface area contributed by atoms with Crippen LogP contribution >= 0.6 is 0 Å². The molecule has 0 aromatic heterocycles. The first-order valence-electron chi connectivity index (χ1n) is 5.52. The van der Waals surface area contributed by atoms with Crippen LogP contribution in [0.15, 0.2) is 0 Å². The number of aliphatic hydroxyl groups is 1. The molecule has 1 aliphatic rings. The largest absolute Gasteiger partial charge is 0.391 e. The second kappa shape index (κ2) is 4.43. The lowest BCUT2D eigenvalue weighted by molar-refractivity contribution is -0.00219. The van der Waals surface area contributed by atoms with Crippen LogP contribution in [0.25, 0.3) is 0 Å². The van der Waals surface area contributed by atoms with Crippen molar-refractivity contribution in [3.8, 4) is 0 Å². The summed E-state index contributed by atoms with van der Waals surface area (Å²) in [7, 11) is 0. The molecule has 13 heavy (non-hydrogen) atoms. The van der Waals surface area contributed by atoms with Gasteiger partial charge in [0, 0.05) is 5.54 Å². The van der Waals surface area contributed by atoms with Crippen LogP contribution in [0.3, 0.4) is 0 Å². The normalized spacial score (nSPS) is 22.2. The molecule has 0 amide bonds. The summed E-state index contributed by atoms with van der Waals surface area (Å²) in [6, 6.07) is 0. The van der Waals surface area contributed by atoms with E-state index in [0.29, 0.717) is 0 Å². The summed E-state index contributed by atoms with van der Waals surface area (Å²) in [5, 5.41) is 10.00. The van der Waals surface area contributed by atoms with Gasteiger partial charge in [-0.15, -0.1) is 0 Å². The lowest BCUT2D eigenvalue weighted by Gasteiger charge is -2.39. The molecule has 0 aromatic rings. The smallest absolute Gasteiger partial charge is 0.0718 e. The van der Waals surface area contributed by atoms with Crippen LogP contribution in [-0.4, -0.2) is 34.7 Å². The molecule has 2 nitrogen and oxygen atoms in total. The Morgan fingerprint density at radius 3 is 2.31 bits per heavy atom. The molecule has 2 heteroatoms. The maximum absolute atomic E-state index is 10.00. The quantitative estimate of drug-likeness (QED) is 0.724. The third-order valence-electron chi connectivity index (χ3n) is 3.30. The Balaban J connectivity index is 2.51. The van der Waals surface area contributed by atoms with E-state index in [-0.39, 0.29) is 11.6 Å². The number of rotatable bonds is 4. The predicted molar refractivity (Wildman–Crippen MR) is 55.8 cm³/mol. The number of hydrogen-bond donors (Lipinski definition) is 1. The fourth-order valence-corrected chi connectivity index (χ4v) is 2.13. The van der Waals surface area contributed by atoms with E-state index in [1.807, 2.05) is 0 Å². The maximum Gasteiger partial charge on any atom is 0.0718 e. The summed E-state index contributed by atoms with van der Waals surface area (Å²) < 4.78 is 0. The Morgan fingerprint density at radius 2 is 1.85 bits per heavy atom. The van der Waals surface area contributed by atoms with E-state index >= 15 is 0 Å². The molecule has 0 bridgehead atoms. The fraction of sp³-hybridized carbons (Fsp3) is 1.00. The van der Waals surface area contributed by atoms with Crippen molar-refractivity contribution in [1.82, 2.24) is 4.90 Å². The van der Waals surface area contributed by atoms with Crippen molar-refractivity contribution in [3.63, 3.8) is 0 Å². The van der Waals surface area contributed by atoms with Crippen molar-refractivity contribution < 1.29 is 5.11 Å². The van der Waals surface area contributed by atoms with Gasteiger partial charge >= 0.3 is 0 Å². The van der Waals surface area contributed by atoms with E-state index in [1.54, 1.807) is 0 Å². The van der Waals surface area contributed by atoms with Gasteiger partial charge in [-0.1, -0.05) is 13.3 Å². The summed E-state index contributed by atoms with van der Waals surface area (Å²) in [4.78, 5) is 2.42. The molecule has 0 spiro atoms. The molecular formula is C11H23NO. The van der Waals surface area contributed by atoms with Crippen LogP contribution in [0.2, 0.25) is 0 Å². The monoisotopic (exact) mass is 185 g/mol. The molecular weight excluding hydrogens is 162 g/mol. The third-order valence-corrected chi connectivity index (χ3v) is 3.30. The second-order valence-electron chi connectivity index (χ2n) is 4.65. The summed E-state index contributed by atoms with van der Waals surface area (Å²) in [5.74, 6) is 0. The SMILES string of the molecule is CCCC(O)C(C)(C)N1CCCC1. The van der Waals surface area contributed by atoms with E-state index < -0.39 is 0 Å². The second-order valence-corrected chi connectivity index (χ2v) is 4.65. The highest BCUT2D eigenvalue weighted by molar-refractivity contribution is 4.90. The van der Waals surface area contributed by atoms with Crippen molar-refractivity contribution in [2.75, 3.05) is 13.1 Å². The number of nitrogens with zero attached hydrogens (tertiary/aromatic N) is 1. The highest BCUT2D eigenvalue weighted by Crippen LogP contribution is 2.26. The molecule has 1 N–H and O–H groups in total. The molecule has 1 heterocycles. The Kier molecular flexibility index (Phi) is 3.74. The van der Waals surface area contributed by atoms with Gasteiger partial charge in [0.1, 0.15) is 0 Å². The van der Waals surface area contributed by atoms with Crippen LogP contribution < -0.4 is 0 Å². The van der Waals surface area contributed by atoms with Gasteiger partial charge in [-0.05, 0) is 46.2 Å². The molecule has 1 rings (SSSR count). The van der Waals surface area contributed by atoms with E-state index in [2.05, 4.69) is 25.7 Å². The molecule has 1 atom stereocenters. The van der Waals surface area contributed by atoms with Gasteiger partial charge in [-0.3, -0.25) is 4.90 Å². The van der Waals surface area contributed by atoms with E-state index in [9.17, 15) is 5.11 Å². The zero-order valence-electron chi connectivity index (χ0n) is 9.21. The standard InChI is InChI=1S/C11H23NO/c1-4-7-10(13)11(2,3)12-8-5-6-9-12/h10,13H,4-9H2,1-3H3. The first-order valence-corrected chi connectivity index (χ1v) is 5.52. The highest BCUT2D eigenvalue weighted by atomic mass is 16.3. The Labute approximate surface area is 81.9 Å². The molecule has 1 saturated heterocycles. The molecule has 0 saturated carbocycles. The fourth-order valence-electron chi connectivity index (χ4n) is 2.13. The molecule has 1 aliphatic heterocycles. The van der Waals surface area contributed by atoms with Crippen molar-refractivity contribution in [2.45, 2.75) is 58.1 Å². The van der Waals surface area contributed by atoms with Gasteiger partial charge in [0.2, 0.25) is 0 Å². The third kappa shape index (κ3) is 2.44. The maximum atomic E-state index is 10.00. The average Bonchev–Trinajstić information content (AvgIpc) is 2.56. The van der Waals surface area contributed by atoms with Crippen molar-refractivity contribution in [3.05, 3.63) is 0 Å². The summed E-state index contributed by atoms with van der Waals surface area (Å²) in [6.07, 6.45) is 4.41. The number of likely N-dealkylation sites (tertiary alicyclic amines) is 1. The molecule has 78 valence electrons. The van der Waals surface area contributed by atoms with Crippen LogP contribution in [0.1, 0.15) is 46.5 Å². The minimum atomic E-state index is -0.171. The molecule has 0 aromatic carbocycles. The van der Waals surface area contributed by atoms with Crippen molar-refractivity contribution in [1.29, 1.82) is 0 Å². The van der Waals surface area contributed by atoms with Crippen LogP contribution in [0, 0.1) is 0 Å². The van der Waals surface area contributed by atoms with Crippen LogP contribution in [0.4, 0.5) is 0 Å². The van der Waals surface area contributed by atoms with Crippen LogP contribution in [-0.2, 0) is 0 Å². The van der Waals surface area contributed by atoms with Gasteiger partial charge in [0.05, 0.1) is 6.10 Å². The lowest BCUT2D eigenvalue weighted by atomic mass is 9.92. The topological polar surface area (TPSA) is 23.5 Å². The van der Waals surface area contributed by atoms with Crippen LogP contribution in [0.5, 0.6) is 0 Å². The van der Waals surface area contributed by atoms with E-state index in [4.69, 9.17) is 0 Å². The van der Waals surface area contributed by atoms with Gasteiger partial charge in [-0.2, -0.15) is 0 Å². The minimum Gasteiger partial charge on any atom is -0.391 e. The van der Waals surface area contributed by atoms with E-state index in [1.165, 1.54) is 12.8 Å². The Hall–Kier alpha value is -0.0800. The summed E-state index contributed by atoms with van der Waals surface area (Å²) >= 11 is 0. The minimum absolute atomic E-state index is 0.0213. The van der Waals surface area contributed by atoms with Gasteiger partial charge in [0.15, 0.2) is 0 Å². The van der Waals surface area contributed by atoms with Gasteiger partial charge in [-0.25, -0.2) is 0 Å². The first kappa shape index (κ1) is 11.0. The van der Waals surface area contributed by atoms with Gasteiger partial charge < -0.3 is 5.11 Å². The van der Waals surface area contributed by atoms with Gasteiger partial charge in [0.25, 0.3) is 0 Å². The molecule has 0 aliphatic carbocycles. The predicted octanol–water partition coefficient (Wildman–Crippen LogP) is 2.02. The zero-order chi connectivity index (χ0) is 9.90. The lowest BCUT2D eigenvalue weighted by Crippen LogP contribution is -2.51. The Bertz CT molecular complexity index is 150. The average molecular weight is 185 g/mol. The van der Waals surface area contributed by atoms with Crippen molar-refractivity contribution in [2.24, 2.45) is 0 Å². The highest BCUT2D eigenvalue weighted by Gasteiger charge is 2.34. The summed E-state index contributed by atoms with van der Waals surface area (Å²) in [6.45, 7) is 8.78. The molecule has 1 unspecified atom stereocenters.